The number of hydrogen-bond acceptors (Lipinski definition) is 5. The van der Waals surface area contributed by atoms with E-state index in [1.54, 1.807) is 24.3 Å². The van der Waals surface area contributed by atoms with Gasteiger partial charge in [0.15, 0.2) is 11.6 Å². The molecule has 0 amide bonds. The number of ether oxygens (including phenoxy) is 1. The van der Waals surface area contributed by atoms with E-state index in [2.05, 4.69) is 15.0 Å². The predicted molar refractivity (Wildman–Crippen MR) is 85.3 cm³/mol. The fourth-order valence-corrected chi connectivity index (χ4v) is 2.58. The molecule has 8 nitrogen and oxygen atoms in total. The molecule has 0 radical (unpaired) electrons. The van der Waals surface area contributed by atoms with Gasteiger partial charge in [-0.2, -0.15) is 13.1 Å². The molecule has 1 heterocycles. The van der Waals surface area contributed by atoms with Crippen LogP contribution in [0.3, 0.4) is 0 Å². The molecule has 2 aromatic carbocycles. The summed E-state index contributed by atoms with van der Waals surface area (Å²) in [5, 5.41) is 12.9. The van der Waals surface area contributed by atoms with E-state index >= 15 is 0 Å². The lowest BCUT2D eigenvalue weighted by atomic mass is 10.2. The van der Waals surface area contributed by atoms with Gasteiger partial charge in [0.25, 0.3) is 10.2 Å². The van der Waals surface area contributed by atoms with Crippen molar-refractivity contribution >= 4 is 21.2 Å². The van der Waals surface area contributed by atoms with Crippen molar-refractivity contribution in [2.75, 3.05) is 7.11 Å². The van der Waals surface area contributed by atoms with Gasteiger partial charge >= 0.3 is 0 Å². The molecule has 3 aromatic rings. The topological polar surface area (TPSA) is 112 Å². The van der Waals surface area contributed by atoms with Crippen LogP contribution < -0.4 is 14.6 Å². The Hall–Kier alpha value is -2.56. The van der Waals surface area contributed by atoms with Gasteiger partial charge in [-0.1, -0.05) is 17.3 Å². The highest BCUT2D eigenvalue weighted by molar-refractivity contribution is 7.87. The SMILES string of the molecule is COc1cc2nnn(-c3ccc(CNS(N)(=O)=O)cc3)c2cc1F. The molecule has 0 unspecified atom stereocenters. The number of aromatic nitrogens is 3. The maximum atomic E-state index is 13.9. The average Bonchev–Trinajstić information content (AvgIpc) is 2.94. The van der Waals surface area contributed by atoms with Gasteiger partial charge in [-0.05, 0) is 17.7 Å². The van der Waals surface area contributed by atoms with E-state index < -0.39 is 16.0 Å². The molecule has 1 aromatic heterocycles. The monoisotopic (exact) mass is 351 g/mol. The van der Waals surface area contributed by atoms with E-state index in [9.17, 15) is 12.8 Å². The zero-order valence-corrected chi connectivity index (χ0v) is 13.4. The number of fused-ring (bicyclic) bond motifs is 1. The lowest BCUT2D eigenvalue weighted by molar-refractivity contribution is 0.387. The lowest BCUT2D eigenvalue weighted by Crippen LogP contribution is -2.30. The highest BCUT2D eigenvalue weighted by Crippen LogP contribution is 2.24. The van der Waals surface area contributed by atoms with Gasteiger partial charge in [-0.25, -0.2) is 14.2 Å². The van der Waals surface area contributed by atoms with Crippen LogP contribution in [0.5, 0.6) is 5.75 Å². The number of halogens is 1. The van der Waals surface area contributed by atoms with Crippen LogP contribution in [0.2, 0.25) is 0 Å². The predicted octanol–water partition coefficient (Wildman–Crippen LogP) is 0.861. The molecule has 24 heavy (non-hydrogen) atoms. The van der Waals surface area contributed by atoms with Crippen molar-refractivity contribution in [3.63, 3.8) is 0 Å². The molecule has 126 valence electrons. The summed E-state index contributed by atoms with van der Waals surface area (Å²) in [7, 11) is -2.37. The first-order chi connectivity index (χ1) is 11.4. The van der Waals surface area contributed by atoms with Gasteiger partial charge in [-0.15, -0.1) is 5.10 Å². The van der Waals surface area contributed by atoms with Crippen molar-refractivity contribution in [3.05, 3.63) is 47.8 Å². The zero-order chi connectivity index (χ0) is 17.3. The van der Waals surface area contributed by atoms with Crippen LogP contribution in [0.4, 0.5) is 4.39 Å². The standard InChI is InChI=1S/C14H14FN5O3S/c1-23-14-7-12-13(6-11(14)15)20(19-18-12)10-4-2-9(3-5-10)8-17-24(16,21)22/h2-7,17H,8H2,1H3,(H2,16,21,22). The summed E-state index contributed by atoms with van der Waals surface area (Å²) in [6, 6.07) is 9.62. The summed E-state index contributed by atoms with van der Waals surface area (Å²) < 4.78 is 44.3. The normalized spacial score (nSPS) is 11.8. The van der Waals surface area contributed by atoms with Crippen molar-refractivity contribution in [1.82, 2.24) is 19.7 Å². The van der Waals surface area contributed by atoms with E-state index in [0.29, 0.717) is 22.3 Å². The Balaban J connectivity index is 1.92. The highest BCUT2D eigenvalue weighted by atomic mass is 32.2. The number of rotatable bonds is 5. The molecule has 0 aliphatic heterocycles. The first kappa shape index (κ1) is 16.3. The van der Waals surface area contributed by atoms with Crippen molar-refractivity contribution < 1.29 is 17.5 Å². The van der Waals surface area contributed by atoms with E-state index in [1.807, 2.05) is 0 Å². The Bertz CT molecular complexity index is 986. The molecule has 0 bridgehead atoms. The minimum Gasteiger partial charge on any atom is -0.494 e. The second-order valence-electron chi connectivity index (χ2n) is 5.01. The molecule has 0 fully saturated rings. The van der Waals surface area contributed by atoms with Crippen LogP contribution >= 0.6 is 0 Å². The van der Waals surface area contributed by atoms with E-state index in [-0.39, 0.29) is 12.3 Å². The van der Waals surface area contributed by atoms with Crippen LogP contribution in [0.25, 0.3) is 16.7 Å². The highest BCUT2D eigenvalue weighted by Gasteiger charge is 2.12. The summed E-state index contributed by atoms with van der Waals surface area (Å²) in [6.07, 6.45) is 0. The summed E-state index contributed by atoms with van der Waals surface area (Å²) in [5.41, 5.74) is 2.35. The first-order valence-corrected chi connectivity index (χ1v) is 8.37. The fourth-order valence-electron chi connectivity index (χ4n) is 2.21. The van der Waals surface area contributed by atoms with Crippen LogP contribution in [0, 0.1) is 5.82 Å². The van der Waals surface area contributed by atoms with Crippen molar-refractivity contribution in [1.29, 1.82) is 0 Å². The van der Waals surface area contributed by atoms with Crippen LogP contribution in [0.15, 0.2) is 36.4 Å². The number of benzene rings is 2. The van der Waals surface area contributed by atoms with Crippen molar-refractivity contribution in [2.24, 2.45) is 5.14 Å². The number of methoxy groups -OCH3 is 1. The molecule has 0 aliphatic rings. The quantitative estimate of drug-likeness (QED) is 0.708. The zero-order valence-electron chi connectivity index (χ0n) is 12.6. The minimum atomic E-state index is -3.75. The minimum absolute atomic E-state index is 0.0725. The smallest absolute Gasteiger partial charge is 0.274 e. The Labute approximate surface area is 137 Å². The van der Waals surface area contributed by atoms with Crippen LogP contribution in [0.1, 0.15) is 5.56 Å². The van der Waals surface area contributed by atoms with Gasteiger partial charge in [0.2, 0.25) is 0 Å². The molecule has 0 saturated carbocycles. The summed E-state index contributed by atoms with van der Waals surface area (Å²) >= 11 is 0. The third kappa shape index (κ3) is 3.35. The molecular weight excluding hydrogens is 337 g/mol. The Kier molecular flexibility index (Phi) is 4.18. The molecule has 10 heteroatoms. The Morgan fingerprint density at radius 2 is 2.00 bits per heavy atom. The maximum Gasteiger partial charge on any atom is 0.274 e. The molecule has 0 aliphatic carbocycles. The molecule has 0 spiro atoms. The van der Waals surface area contributed by atoms with E-state index in [0.717, 1.165) is 0 Å². The molecule has 3 N–H and O–H groups in total. The molecule has 3 rings (SSSR count). The van der Waals surface area contributed by atoms with Gasteiger partial charge in [0.1, 0.15) is 5.52 Å². The number of hydrogen-bond donors (Lipinski definition) is 2. The third-order valence-electron chi connectivity index (χ3n) is 3.38. The Morgan fingerprint density at radius 3 is 2.62 bits per heavy atom. The lowest BCUT2D eigenvalue weighted by Gasteiger charge is -2.06. The largest absolute Gasteiger partial charge is 0.494 e. The number of nitrogens with zero attached hydrogens (tertiary/aromatic N) is 3. The summed E-state index contributed by atoms with van der Waals surface area (Å²) in [5.74, 6) is -0.415. The van der Waals surface area contributed by atoms with Crippen molar-refractivity contribution in [3.8, 4) is 11.4 Å². The van der Waals surface area contributed by atoms with Gasteiger partial charge in [0, 0.05) is 18.7 Å². The average molecular weight is 351 g/mol. The third-order valence-corrected chi connectivity index (χ3v) is 3.92. The Morgan fingerprint density at radius 1 is 1.29 bits per heavy atom. The summed E-state index contributed by atoms with van der Waals surface area (Å²) in [4.78, 5) is 0. The van der Waals surface area contributed by atoms with Crippen LogP contribution in [-0.4, -0.2) is 30.5 Å². The molecule has 0 saturated heterocycles. The van der Waals surface area contributed by atoms with Gasteiger partial charge in [0.05, 0.1) is 18.3 Å². The van der Waals surface area contributed by atoms with E-state index in [4.69, 9.17) is 9.88 Å². The fraction of sp³-hybridized carbons (Fsp3) is 0.143. The van der Waals surface area contributed by atoms with Gasteiger partial charge < -0.3 is 4.74 Å². The number of nitrogens with two attached hydrogens (primary N) is 1. The molecule has 0 atom stereocenters. The van der Waals surface area contributed by atoms with Crippen molar-refractivity contribution in [2.45, 2.75) is 6.54 Å². The second kappa shape index (κ2) is 6.15. The summed E-state index contributed by atoms with van der Waals surface area (Å²) in [6.45, 7) is 0.0725. The maximum absolute atomic E-state index is 13.9. The van der Waals surface area contributed by atoms with E-state index in [1.165, 1.54) is 23.9 Å². The number of nitrogens with one attached hydrogen (secondary N) is 1. The molecular formula is C14H14FN5O3S. The first-order valence-electron chi connectivity index (χ1n) is 6.83. The second-order valence-corrected chi connectivity index (χ2v) is 6.39. The van der Waals surface area contributed by atoms with Gasteiger partial charge in [-0.3, -0.25) is 0 Å². The van der Waals surface area contributed by atoms with Crippen LogP contribution in [-0.2, 0) is 16.8 Å².